The predicted molar refractivity (Wildman–Crippen MR) is 56.0 cm³/mol. The normalized spacial score (nSPS) is 10.5. The van der Waals surface area contributed by atoms with Crippen LogP contribution in [0.1, 0.15) is 23.0 Å². The third-order valence-electron chi connectivity index (χ3n) is 2.33. The first-order chi connectivity index (χ1) is 8.15. The molecule has 2 heterocycles. The highest BCUT2D eigenvalue weighted by molar-refractivity contribution is 5.95. The van der Waals surface area contributed by atoms with Crippen molar-refractivity contribution in [3.8, 4) is 11.3 Å². The van der Waals surface area contributed by atoms with Crippen molar-refractivity contribution in [3.63, 3.8) is 0 Å². The number of rotatable bonds is 3. The van der Waals surface area contributed by atoms with Crippen molar-refractivity contribution < 1.29 is 18.8 Å². The van der Waals surface area contributed by atoms with E-state index in [1.165, 1.54) is 12.3 Å². The quantitative estimate of drug-likeness (QED) is 0.883. The lowest BCUT2D eigenvalue weighted by molar-refractivity contribution is 0.0695. The van der Waals surface area contributed by atoms with Gasteiger partial charge in [0.2, 0.25) is 0 Å². The summed E-state index contributed by atoms with van der Waals surface area (Å²) in [7, 11) is 0. The molecule has 0 aliphatic heterocycles. The molecule has 17 heavy (non-hydrogen) atoms. The molecule has 0 saturated heterocycles. The van der Waals surface area contributed by atoms with E-state index in [0.717, 1.165) is 6.20 Å². The second kappa shape index (κ2) is 4.32. The smallest absolute Gasteiger partial charge is 0.341 e. The summed E-state index contributed by atoms with van der Waals surface area (Å²) in [5.74, 6) is -1.59. The van der Waals surface area contributed by atoms with Crippen LogP contribution in [0.25, 0.3) is 11.3 Å². The summed E-state index contributed by atoms with van der Waals surface area (Å²) in [6, 6.07) is 1.36. The van der Waals surface area contributed by atoms with Crippen molar-refractivity contribution in [2.24, 2.45) is 0 Å². The van der Waals surface area contributed by atoms with Gasteiger partial charge in [0.1, 0.15) is 11.3 Å². The van der Waals surface area contributed by atoms with Crippen LogP contribution in [0.3, 0.4) is 0 Å². The van der Waals surface area contributed by atoms with E-state index in [4.69, 9.17) is 9.63 Å². The Bertz CT molecular complexity index is 566. The van der Waals surface area contributed by atoms with Gasteiger partial charge in [0.15, 0.2) is 11.6 Å². The Labute approximate surface area is 95.9 Å². The molecule has 0 aliphatic carbocycles. The molecule has 0 spiro atoms. The van der Waals surface area contributed by atoms with E-state index in [1.807, 2.05) is 0 Å². The Hall–Kier alpha value is -2.24. The van der Waals surface area contributed by atoms with Gasteiger partial charge in [0, 0.05) is 18.2 Å². The van der Waals surface area contributed by atoms with E-state index in [9.17, 15) is 9.18 Å². The molecule has 0 aromatic carbocycles. The summed E-state index contributed by atoms with van der Waals surface area (Å²) in [4.78, 5) is 14.7. The molecule has 6 heteroatoms. The second-order valence-corrected chi connectivity index (χ2v) is 3.34. The summed E-state index contributed by atoms with van der Waals surface area (Å²) >= 11 is 0. The molecular formula is C11H9FN2O3. The van der Waals surface area contributed by atoms with Crippen LogP contribution in [0.15, 0.2) is 23.0 Å². The van der Waals surface area contributed by atoms with Gasteiger partial charge >= 0.3 is 5.97 Å². The highest BCUT2D eigenvalue weighted by Gasteiger charge is 2.24. The number of aromatic carboxylic acids is 1. The van der Waals surface area contributed by atoms with Crippen LogP contribution in [-0.2, 0) is 6.42 Å². The third-order valence-corrected chi connectivity index (χ3v) is 2.33. The number of aromatic nitrogens is 2. The second-order valence-electron chi connectivity index (χ2n) is 3.34. The van der Waals surface area contributed by atoms with Crippen molar-refractivity contribution in [1.29, 1.82) is 0 Å². The Morgan fingerprint density at radius 2 is 2.35 bits per heavy atom. The minimum absolute atomic E-state index is 0.00532. The lowest BCUT2D eigenvalue weighted by Crippen LogP contribution is -2.01. The van der Waals surface area contributed by atoms with Gasteiger partial charge in [-0.25, -0.2) is 9.18 Å². The zero-order chi connectivity index (χ0) is 12.4. The third kappa shape index (κ3) is 1.89. The molecule has 1 N–H and O–H groups in total. The maximum absolute atomic E-state index is 13.5. The van der Waals surface area contributed by atoms with Gasteiger partial charge in [0.25, 0.3) is 0 Å². The summed E-state index contributed by atoms with van der Waals surface area (Å²) in [6.45, 7) is 1.74. The molecule has 0 fully saturated rings. The number of aryl methyl sites for hydroxylation is 1. The fraction of sp³-hybridized carbons (Fsp3) is 0.182. The van der Waals surface area contributed by atoms with E-state index < -0.39 is 11.8 Å². The molecule has 0 saturated carbocycles. The van der Waals surface area contributed by atoms with Crippen molar-refractivity contribution in [2.75, 3.05) is 0 Å². The lowest BCUT2D eigenvalue weighted by Gasteiger charge is -1.99. The van der Waals surface area contributed by atoms with Crippen molar-refractivity contribution in [3.05, 3.63) is 35.6 Å². The number of carbonyl (C=O) groups is 1. The van der Waals surface area contributed by atoms with Crippen LogP contribution in [0, 0.1) is 5.82 Å². The predicted octanol–water partition coefficient (Wildman–Crippen LogP) is 2.14. The average Bonchev–Trinajstić information content (AvgIpc) is 2.73. The first-order valence-electron chi connectivity index (χ1n) is 4.96. The van der Waals surface area contributed by atoms with Crippen molar-refractivity contribution >= 4 is 5.97 Å². The number of hydrogen-bond acceptors (Lipinski definition) is 4. The van der Waals surface area contributed by atoms with Gasteiger partial charge in [-0.1, -0.05) is 12.1 Å². The van der Waals surface area contributed by atoms with Crippen LogP contribution in [-0.4, -0.2) is 21.2 Å². The molecule has 0 radical (unpaired) electrons. The molecule has 2 rings (SSSR count). The van der Waals surface area contributed by atoms with E-state index in [0.29, 0.717) is 6.42 Å². The number of pyridine rings is 1. The maximum atomic E-state index is 13.5. The molecule has 0 bridgehead atoms. The van der Waals surface area contributed by atoms with E-state index >= 15 is 0 Å². The molecule has 0 unspecified atom stereocenters. The molecule has 5 nitrogen and oxygen atoms in total. The summed E-state index contributed by atoms with van der Waals surface area (Å²) in [5, 5.41) is 12.7. The highest BCUT2D eigenvalue weighted by atomic mass is 19.1. The molecule has 2 aromatic heterocycles. The zero-order valence-corrected chi connectivity index (χ0v) is 8.98. The van der Waals surface area contributed by atoms with Crippen LogP contribution >= 0.6 is 0 Å². The van der Waals surface area contributed by atoms with E-state index in [2.05, 4.69) is 10.1 Å². The number of carboxylic acids is 1. The van der Waals surface area contributed by atoms with Gasteiger partial charge in [-0.15, -0.1) is 0 Å². The molecule has 2 aromatic rings. The van der Waals surface area contributed by atoms with Crippen LogP contribution in [0.4, 0.5) is 4.39 Å². The Morgan fingerprint density at radius 3 is 2.94 bits per heavy atom. The van der Waals surface area contributed by atoms with Gasteiger partial charge < -0.3 is 9.63 Å². The van der Waals surface area contributed by atoms with Crippen molar-refractivity contribution in [1.82, 2.24) is 10.1 Å². The first-order valence-corrected chi connectivity index (χ1v) is 4.96. The zero-order valence-electron chi connectivity index (χ0n) is 8.98. The van der Waals surface area contributed by atoms with Gasteiger partial charge in [-0.2, -0.15) is 0 Å². The van der Waals surface area contributed by atoms with Crippen LogP contribution < -0.4 is 0 Å². The van der Waals surface area contributed by atoms with Gasteiger partial charge in [-0.05, 0) is 6.07 Å². The molecular weight excluding hydrogens is 227 g/mol. The number of hydrogen-bond donors (Lipinski definition) is 1. The Balaban J connectivity index is 2.64. The summed E-state index contributed by atoms with van der Waals surface area (Å²) in [6.07, 6.45) is 2.74. The van der Waals surface area contributed by atoms with Gasteiger partial charge in [0.05, 0.1) is 6.20 Å². The highest BCUT2D eigenvalue weighted by Crippen LogP contribution is 2.27. The Kier molecular flexibility index (Phi) is 2.86. The fourth-order valence-corrected chi connectivity index (χ4v) is 1.54. The largest absolute Gasteiger partial charge is 0.477 e. The maximum Gasteiger partial charge on any atom is 0.341 e. The summed E-state index contributed by atoms with van der Waals surface area (Å²) in [5.41, 5.74) is -0.0345. The fourth-order valence-electron chi connectivity index (χ4n) is 1.54. The number of nitrogens with zero attached hydrogens (tertiary/aromatic N) is 2. The molecule has 0 amide bonds. The lowest BCUT2D eigenvalue weighted by atomic mass is 10.1. The SMILES string of the molecule is CCc1onc(-c2ccncc2F)c1C(=O)O. The first kappa shape index (κ1) is 11.3. The van der Waals surface area contributed by atoms with E-state index in [-0.39, 0.29) is 22.6 Å². The molecule has 0 atom stereocenters. The summed E-state index contributed by atoms with van der Waals surface area (Å²) < 4.78 is 18.4. The van der Waals surface area contributed by atoms with Crippen molar-refractivity contribution in [2.45, 2.75) is 13.3 Å². The van der Waals surface area contributed by atoms with Gasteiger partial charge in [-0.3, -0.25) is 4.98 Å². The monoisotopic (exact) mass is 236 g/mol. The van der Waals surface area contributed by atoms with Crippen LogP contribution in [0.5, 0.6) is 0 Å². The van der Waals surface area contributed by atoms with Crippen LogP contribution in [0.2, 0.25) is 0 Å². The minimum Gasteiger partial charge on any atom is -0.477 e. The molecule has 0 aliphatic rings. The minimum atomic E-state index is -1.19. The number of halogens is 1. The average molecular weight is 236 g/mol. The molecule has 88 valence electrons. The van der Waals surface area contributed by atoms with E-state index in [1.54, 1.807) is 6.92 Å². The number of carboxylic acid groups (broad SMARTS) is 1. The Morgan fingerprint density at radius 1 is 1.59 bits per heavy atom. The standard InChI is InChI=1S/C11H9FN2O3/c1-2-8-9(11(15)16)10(14-17-8)6-3-4-13-5-7(6)12/h3-5H,2H2,1H3,(H,15,16). The topological polar surface area (TPSA) is 76.2 Å².